The number of fused-ring (bicyclic) bond motifs is 1. The van der Waals surface area contributed by atoms with E-state index < -0.39 is 41.9 Å². The average Bonchev–Trinajstić information content (AvgIpc) is 3.02. The molecular weight excluding hydrogens is 398 g/mol. The van der Waals surface area contributed by atoms with Crippen LogP contribution in [0.1, 0.15) is 23.6 Å². The minimum atomic E-state index is -1.26. The van der Waals surface area contributed by atoms with Gasteiger partial charge in [0.2, 0.25) is 5.91 Å². The molecule has 1 fully saturated rings. The number of ether oxygens (including phenoxy) is 1. The Labute approximate surface area is 179 Å². The van der Waals surface area contributed by atoms with E-state index in [1.54, 1.807) is 31.2 Å². The lowest BCUT2D eigenvalue weighted by atomic mass is 9.92. The Morgan fingerprint density at radius 3 is 2.39 bits per heavy atom. The Bertz CT molecular complexity index is 1050. The summed E-state index contributed by atoms with van der Waals surface area (Å²) in [6.07, 6.45) is 0.316. The Kier molecular flexibility index (Phi) is 5.22. The lowest BCUT2D eigenvalue weighted by Gasteiger charge is -2.35. The van der Waals surface area contributed by atoms with E-state index >= 15 is 0 Å². The van der Waals surface area contributed by atoms with Crippen molar-refractivity contribution in [2.45, 2.75) is 31.5 Å². The molecule has 1 N–H and O–H groups in total. The topological polar surface area (TPSA) is 96.0 Å². The second-order valence-corrected chi connectivity index (χ2v) is 7.85. The van der Waals surface area contributed by atoms with Crippen LogP contribution in [0, 0.1) is 0 Å². The molecule has 2 aliphatic rings. The number of nitrogens with one attached hydrogen (secondary N) is 1. The molecule has 0 unspecified atom stereocenters. The molecule has 2 aromatic carbocycles. The predicted octanol–water partition coefficient (Wildman–Crippen LogP) is 1.58. The fourth-order valence-electron chi connectivity index (χ4n) is 4.17. The number of rotatable bonds is 4. The smallest absolute Gasteiger partial charge is 0.328 e. The summed E-state index contributed by atoms with van der Waals surface area (Å²) in [4.78, 5) is 53.5. The molecule has 2 atom stereocenters. The van der Waals surface area contributed by atoms with Crippen molar-refractivity contribution >= 4 is 23.8 Å². The maximum absolute atomic E-state index is 13.2. The molecule has 160 valence electrons. The van der Waals surface area contributed by atoms with Crippen LogP contribution in [0.5, 0.6) is 0 Å². The number of imide groups is 1. The molecule has 0 aromatic heterocycles. The van der Waals surface area contributed by atoms with Gasteiger partial charge in [0.05, 0.1) is 7.11 Å². The van der Waals surface area contributed by atoms with Gasteiger partial charge in [0.25, 0.3) is 5.91 Å². The summed E-state index contributed by atoms with van der Waals surface area (Å²) in [6, 6.07) is 15.0. The number of amides is 4. The van der Waals surface area contributed by atoms with Crippen LogP contribution < -0.4 is 5.32 Å². The Morgan fingerprint density at radius 2 is 1.71 bits per heavy atom. The van der Waals surface area contributed by atoms with Gasteiger partial charge in [-0.2, -0.15) is 0 Å². The van der Waals surface area contributed by atoms with E-state index in [1.807, 2.05) is 30.3 Å². The van der Waals surface area contributed by atoms with Crippen LogP contribution in [0.4, 0.5) is 4.79 Å². The lowest BCUT2D eigenvalue weighted by molar-refractivity contribution is -0.154. The maximum Gasteiger partial charge on any atom is 0.328 e. The van der Waals surface area contributed by atoms with E-state index in [4.69, 9.17) is 4.74 Å². The summed E-state index contributed by atoms with van der Waals surface area (Å²) >= 11 is 0. The van der Waals surface area contributed by atoms with Crippen LogP contribution in [0.2, 0.25) is 0 Å². The Morgan fingerprint density at radius 1 is 1.06 bits per heavy atom. The van der Waals surface area contributed by atoms with Crippen LogP contribution in [0.25, 0.3) is 0 Å². The third-order valence-electron chi connectivity index (χ3n) is 5.96. The molecule has 0 aliphatic carbocycles. The van der Waals surface area contributed by atoms with Gasteiger partial charge in [0.1, 0.15) is 18.1 Å². The highest BCUT2D eigenvalue weighted by Gasteiger charge is 2.50. The summed E-state index contributed by atoms with van der Waals surface area (Å²) in [5.74, 6) is -1.54. The minimum Gasteiger partial charge on any atom is -0.467 e. The van der Waals surface area contributed by atoms with Gasteiger partial charge >= 0.3 is 12.0 Å². The van der Waals surface area contributed by atoms with Crippen molar-refractivity contribution in [1.82, 2.24) is 15.1 Å². The highest BCUT2D eigenvalue weighted by molar-refractivity contribution is 6.09. The van der Waals surface area contributed by atoms with Crippen LogP contribution in [0.15, 0.2) is 54.6 Å². The van der Waals surface area contributed by atoms with Gasteiger partial charge in [0.15, 0.2) is 0 Å². The summed E-state index contributed by atoms with van der Waals surface area (Å²) in [6.45, 7) is 1.36. The fraction of sp³-hybridized carbons (Fsp3) is 0.304. The molecule has 2 aliphatic heterocycles. The number of hydrogen-bond donors (Lipinski definition) is 1. The van der Waals surface area contributed by atoms with Crippen LogP contribution in [-0.4, -0.2) is 53.3 Å². The molecule has 0 radical (unpaired) electrons. The number of carbonyl (C=O) groups is 4. The van der Waals surface area contributed by atoms with Crippen molar-refractivity contribution < 1.29 is 23.9 Å². The molecular formula is C23H23N3O5. The number of methoxy groups -OCH3 is 1. The summed E-state index contributed by atoms with van der Waals surface area (Å²) in [5, 5.41) is 2.69. The lowest BCUT2D eigenvalue weighted by Crippen LogP contribution is -2.52. The van der Waals surface area contributed by atoms with E-state index in [0.717, 1.165) is 16.0 Å². The molecule has 8 heteroatoms. The number of nitrogens with zero attached hydrogens (tertiary/aromatic N) is 2. The largest absolute Gasteiger partial charge is 0.467 e. The van der Waals surface area contributed by atoms with E-state index in [1.165, 1.54) is 12.0 Å². The number of urea groups is 1. The van der Waals surface area contributed by atoms with Crippen LogP contribution in [0.3, 0.4) is 0 Å². The van der Waals surface area contributed by atoms with Gasteiger partial charge in [-0.1, -0.05) is 54.6 Å². The average molecular weight is 421 g/mol. The Balaban J connectivity index is 1.57. The first-order chi connectivity index (χ1) is 14.8. The molecule has 1 saturated heterocycles. The van der Waals surface area contributed by atoms with Gasteiger partial charge in [-0.15, -0.1) is 0 Å². The van der Waals surface area contributed by atoms with E-state index in [9.17, 15) is 19.2 Å². The molecule has 8 nitrogen and oxygen atoms in total. The first-order valence-corrected chi connectivity index (χ1v) is 9.99. The highest BCUT2D eigenvalue weighted by atomic mass is 16.5. The highest BCUT2D eigenvalue weighted by Crippen LogP contribution is 2.29. The SMILES string of the molecule is COC(=O)[C@@H]1Cc2ccccc2CN1C(=O)CN1C(=O)N[C@](C)(c2ccccc2)C1=O. The van der Waals surface area contributed by atoms with Crippen molar-refractivity contribution in [3.05, 3.63) is 71.3 Å². The van der Waals surface area contributed by atoms with Gasteiger partial charge in [-0.25, -0.2) is 9.59 Å². The number of carbonyl (C=O) groups excluding carboxylic acids is 4. The molecule has 0 bridgehead atoms. The van der Waals surface area contributed by atoms with Gasteiger partial charge in [-0.3, -0.25) is 14.5 Å². The zero-order valence-corrected chi connectivity index (χ0v) is 17.3. The fourth-order valence-corrected chi connectivity index (χ4v) is 4.17. The van der Waals surface area contributed by atoms with E-state index in [0.29, 0.717) is 12.0 Å². The summed E-state index contributed by atoms with van der Waals surface area (Å²) in [7, 11) is 1.27. The van der Waals surface area contributed by atoms with E-state index in [-0.39, 0.29) is 6.54 Å². The van der Waals surface area contributed by atoms with Crippen molar-refractivity contribution in [1.29, 1.82) is 0 Å². The molecule has 4 rings (SSSR count). The third-order valence-corrected chi connectivity index (χ3v) is 5.96. The second kappa shape index (κ2) is 7.86. The van der Waals surface area contributed by atoms with Crippen LogP contribution in [-0.2, 0) is 37.6 Å². The first-order valence-electron chi connectivity index (χ1n) is 9.99. The molecule has 31 heavy (non-hydrogen) atoms. The van der Waals surface area contributed by atoms with Crippen molar-refractivity contribution in [2.75, 3.05) is 13.7 Å². The minimum absolute atomic E-state index is 0.203. The second-order valence-electron chi connectivity index (χ2n) is 7.85. The monoisotopic (exact) mass is 421 g/mol. The molecule has 0 saturated carbocycles. The van der Waals surface area contributed by atoms with Crippen molar-refractivity contribution in [2.24, 2.45) is 0 Å². The van der Waals surface area contributed by atoms with E-state index in [2.05, 4.69) is 5.32 Å². The van der Waals surface area contributed by atoms with Gasteiger partial charge in [0, 0.05) is 13.0 Å². The van der Waals surface area contributed by atoms with Crippen LogP contribution >= 0.6 is 0 Å². The number of hydrogen-bond acceptors (Lipinski definition) is 5. The summed E-state index contributed by atoms with van der Waals surface area (Å²) < 4.78 is 4.90. The van der Waals surface area contributed by atoms with Gasteiger partial charge < -0.3 is 15.0 Å². The molecule has 4 amide bonds. The third kappa shape index (κ3) is 3.54. The van der Waals surface area contributed by atoms with Crippen molar-refractivity contribution in [3.63, 3.8) is 0 Å². The molecule has 0 spiro atoms. The molecule has 2 aromatic rings. The predicted molar refractivity (Wildman–Crippen MR) is 111 cm³/mol. The quantitative estimate of drug-likeness (QED) is 0.597. The zero-order valence-electron chi connectivity index (χ0n) is 17.3. The molecule has 2 heterocycles. The summed E-state index contributed by atoms with van der Waals surface area (Å²) in [5.41, 5.74) is 1.26. The zero-order chi connectivity index (χ0) is 22.2. The maximum atomic E-state index is 13.2. The normalized spacial score (nSPS) is 22.7. The number of benzene rings is 2. The Hall–Kier alpha value is -3.68. The van der Waals surface area contributed by atoms with Gasteiger partial charge in [-0.05, 0) is 23.6 Å². The number of esters is 1. The van der Waals surface area contributed by atoms with Crippen molar-refractivity contribution in [3.8, 4) is 0 Å². The first kappa shape index (κ1) is 20.6. The standard InChI is InChI=1S/C23H23N3O5/c1-23(17-10-4-3-5-11-17)21(29)26(22(30)24-23)14-19(27)25-13-16-9-7-6-8-15(16)12-18(25)20(28)31-2/h3-11,18H,12-14H2,1-2H3,(H,24,30)/t18-,23+/m0/s1.